The van der Waals surface area contributed by atoms with E-state index in [4.69, 9.17) is 4.74 Å². The molecule has 0 amide bonds. The first-order valence-electron chi connectivity index (χ1n) is 5.60. The number of hydrogen-bond donors (Lipinski definition) is 1. The molecule has 1 heterocycles. The molecule has 0 atom stereocenters. The predicted molar refractivity (Wildman–Crippen MR) is 80.0 cm³/mol. The fourth-order valence-corrected chi connectivity index (χ4v) is 2.29. The maximum atomic E-state index is 11.8. The van der Waals surface area contributed by atoms with Crippen LogP contribution >= 0.6 is 22.6 Å². The minimum absolute atomic E-state index is 0.352. The third kappa shape index (κ3) is 2.40. The molecule has 4 nitrogen and oxygen atoms in total. The van der Waals surface area contributed by atoms with E-state index in [0.29, 0.717) is 12.2 Å². The van der Waals surface area contributed by atoms with E-state index in [1.54, 1.807) is 20.2 Å². The van der Waals surface area contributed by atoms with Gasteiger partial charge in [-0.2, -0.15) is 0 Å². The molecular weight excluding hydrogens is 343 g/mol. The van der Waals surface area contributed by atoms with Gasteiger partial charge in [-0.15, -0.1) is 0 Å². The van der Waals surface area contributed by atoms with Gasteiger partial charge in [-0.3, -0.25) is 4.98 Å². The summed E-state index contributed by atoms with van der Waals surface area (Å²) in [5.41, 5.74) is 2.08. The maximum Gasteiger partial charge on any atom is 0.341 e. The predicted octanol–water partition coefficient (Wildman–Crippen LogP) is 3.06. The van der Waals surface area contributed by atoms with E-state index in [2.05, 4.69) is 32.9 Å². The summed E-state index contributed by atoms with van der Waals surface area (Å²) in [5, 5.41) is 3.99. The number of pyridine rings is 1. The molecule has 0 unspecified atom stereocenters. The van der Waals surface area contributed by atoms with Crippen LogP contribution in [0.25, 0.3) is 10.9 Å². The normalized spacial score (nSPS) is 10.4. The van der Waals surface area contributed by atoms with Gasteiger partial charge < -0.3 is 10.1 Å². The third-order valence-electron chi connectivity index (χ3n) is 2.58. The summed E-state index contributed by atoms with van der Waals surface area (Å²) in [6, 6.07) is 5.92. The second-order valence-electron chi connectivity index (χ2n) is 3.68. The van der Waals surface area contributed by atoms with Crippen molar-refractivity contribution in [1.82, 2.24) is 4.98 Å². The van der Waals surface area contributed by atoms with Gasteiger partial charge in [-0.1, -0.05) is 0 Å². The molecule has 1 N–H and O–H groups in total. The molecule has 0 radical (unpaired) electrons. The van der Waals surface area contributed by atoms with E-state index < -0.39 is 0 Å². The second kappa shape index (κ2) is 5.51. The van der Waals surface area contributed by atoms with Crippen LogP contribution in [0, 0.1) is 3.57 Å². The van der Waals surface area contributed by atoms with Crippen molar-refractivity contribution < 1.29 is 9.53 Å². The smallest absolute Gasteiger partial charge is 0.341 e. The largest absolute Gasteiger partial charge is 0.462 e. The maximum absolute atomic E-state index is 11.8. The summed E-state index contributed by atoms with van der Waals surface area (Å²) < 4.78 is 6.13. The Morgan fingerprint density at radius 2 is 2.28 bits per heavy atom. The van der Waals surface area contributed by atoms with E-state index >= 15 is 0 Å². The van der Waals surface area contributed by atoms with Gasteiger partial charge in [-0.25, -0.2) is 4.79 Å². The highest BCUT2D eigenvalue weighted by Gasteiger charge is 2.15. The van der Waals surface area contributed by atoms with Crippen molar-refractivity contribution in [1.29, 1.82) is 0 Å². The zero-order valence-corrected chi connectivity index (χ0v) is 12.3. The Hall–Kier alpha value is -1.37. The highest BCUT2D eigenvalue weighted by atomic mass is 127. The summed E-state index contributed by atoms with van der Waals surface area (Å²) in [5.74, 6) is -0.352. The summed E-state index contributed by atoms with van der Waals surface area (Å²) >= 11 is 2.23. The number of anilines is 1. The number of halogens is 1. The molecule has 0 saturated heterocycles. The summed E-state index contributed by atoms with van der Waals surface area (Å²) in [4.78, 5) is 16.1. The van der Waals surface area contributed by atoms with Crippen molar-refractivity contribution in [2.24, 2.45) is 0 Å². The Labute approximate surface area is 119 Å². The van der Waals surface area contributed by atoms with Crippen LogP contribution in [0.15, 0.2) is 24.4 Å². The number of carbonyl (C=O) groups excluding carboxylic acids is 1. The van der Waals surface area contributed by atoms with Crippen LogP contribution in [0.5, 0.6) is 0 Å². The number of nitrogens with one attached hydrogen (secondary N) is 1. The number of esters is 1. The van der Waals surface area contributed by atoms with E-state index in [1.165, 1.54) is 0 Å². The molecule has 1 aromatic carbocycles. The molecule has 0 aliphatic heterocycles. The molecule has 0 bridgehead atoms. The lowest BCUT2D eigenvalue weighted by Gasteiger charge is -2.11. The van der Waals surface area contributed by atoms with Gasteiger partial charge in [0, 0.05) is 22.2 Å². The molecule has 1 aromatic heterocycles. The topological polar surface area (TPSA) is 51.2 Å². The van der Waals surface area contributed by atoms with Crippen LogP contribution in [-0.2, 0) is 4.74 Å². The van der Waals surface area contributed by atoms with E-state index in [-0.39, 0.29) is 5.97 Å². The molecule has 0 aliphatic carbocycles. The molecule has 0 aliphatic rings. The average molecular weight is 356 g/mol. The molecule has 5 heteroatoms. The van der Waals surface area contributed by atoms with E-state index in [0.717, 1.165) is 20.2 Å². The summed E-state index contributed by atoms with van der Waals surface area (Å²) in [6.07, 6.45) is 1.55. The summed E-state index contributed by atoms with van der Waals surface area (Å²) in [6.45, 7) is 2.14. The fraction of sp³-hybridized carbons (Fsp3) is 0.231. The Balaban J connectivity index is 2.65. The van der Waals surface area contributed by atoms with Crippen LogP contribution in [0.1, 0.15) is 17.3 Å². The number of benzene rings is 1. The van der Waals surface area contributed by atoms with Gasteiger partial charge >= 0.3 is 5.97 Å². The Bertz CT molecular complexity index is 599. The molecule has 2 rings (SSSR count). The average Bonchev–Trinajstić information content (AvgIpc) is 2.37. The van der Waals surface area contributed by atoms with Crippen molar-refractivity contribution in [3.05, 3.63) is 33.5 Å². The lowest BCUT2D eigenvalue weighted by Crippen LogP contribution is -2.09. The zero-order chi connectivity index (χ0) is 13.1. The van der Waals surface area contributed by atoms with E-state index in [9.17, 15) is 4.79 Å². The van der Waals surface area contributed by atoms with Crippen molar-refractivity contribution in [3.63, 3.8) is 0 Å². The number of aromatic nitrogens is 1. The van der Waals surface area contributed by atoms with Gasteiger partial charge in [0.05, 0.1) is 17.8 Å². The molecule has 0 saturated carbocycles. The van der Waals surface area contributed by atoms with Gasteiger partial charge in [0.2, 0.25) is 0 Å². The second-order valence-corrected chi connectivity index (χ2v) is 4.92. The van der Waals surface area contributed by atoms with Crippen LogP contribution < -0.4 is 5.32 Å². The Morgan fingerprint density at radius 1 is 1.50 bits per heavy atom. The van der Waals surface area contributed by atoms with Crippen molar-refractivity contribution in [3.8, 4) is 0 Å². The number of fused-ring (bicyclic) bond motifs is 1. The van der Waals surface area contributed by atoms with Gasteiger partial charge in [0.15, 0.2) is 0 Å². The highest BCUT2D eigenvalue weighted by Crippen LogP contribution is 2.27. The quantitative estimate of drug-likeness (QED) is 0.679. The van der Waals surface area contributed by atoms with Crippen LogP contribution in [-0.4, -0.2) is 24.6 Å². The van der Waals surface area contributed by atoms with Gasteiger partial charge in [0.1, 0.15) is 5.56 Å². The summed E-state index contributed by atoms with van der Waals surface area (Å²) in [7, 11) is 1.79. The molecule has 0 spiro atoms. The van der Waals surface area contributed by atoms with Gasteiger partial charge in [-0.05, 0) is 47.7 Å². The minimum atomic E-state index is -0.352. The Kier molecular flexibility index (Phi) is 4.00. The standard InChI is InChI=1S/C13H13IN2O2/c1-3-18-13(17)10-7-16-11-5-4-8(14)6-9(11)12(10)15-2/h4-7H,3H2,1-2H3,(H,15,16). The molecule has 18 heavy (non-hydrogen) atoms. The van der Waals surface area contributed by atoms with Crippen molar-refractivity contribution >= 4 is 45.2 Å². The number of ether oxygens (including phenoxy) is 1. The van der Waals surface area contributed by atoms with Gasteiger partial charge in [0.25, 0.3) is 0 Å². The van der Waals surface area contributed by atoms with Crippen LogP contribution in [0.3, 0.4) is 0 Å². The lowest BCUT2D eigenvalue weighted by molar-refractivity contribution is 0.0527. The number of hydrogen-bond acceptors (Lipinski definition) is 4. The third-order valence-corrected chi connectivity index (χ3v) is 3.25. The van der Waals surface area contributed by atoms with E-state index in [1.807, 2.05) is 18.2 Å². The minimum Gasteiger partial charge on any atom is -0.462 e. The van der Waals surface area contributed by atoms with Crippen LogP contribution in [0.4, 0.5) is 5.69 Å². The first-order valence-corrected chi connectivity index (χ1v) is 6.68. The molecule has 2 aromatic rings. The lowest BCUT2D eigenvalue weighted by atomic mass is 10.1. The highest BCUT2D eigenvalue weighted by molar-refractivity contribution is 14.1. The SMILES string of the molecule is CCOC(=O)c1cnc2ccc(I)cc2c1NC. The molecule has 0 fully saturated rings. The van der Waals surface area contributed by atoms with Crippen molar-refractivity contribution in [2.45, 2.75) is 6.92 Å². The number of rotatable bonds is 3. The first-order chi connectivity index (χ1) is 8.67. The number of nitrogens with zero attached hydrogens (tertiary/aromatic N) is 1. The molecular formula is C13H13IN2O2. The zero-order valence-electron chi connectivity index (χ0n) is 10.2. The number of carbonyl (C=O) groups is 1. The fourth-order valence-electron chi connectivity index (χ4n) is 1.80. The Morgan fingerprint density at radius 3 is 2.94 bits per heavy atom. The molecule has 94 valence electrons. The van der Waals surface area contributed by atoms with Crippen LogP contribution in [0.2, 0.25) is 0 Å². The van der Waals surface area contributed by atoms with Crippen molar-refractivity contribution in [2.75, 3.05) is 19.0 Å². The monoisotopic (exact) mass is 356 g/mol. The first kappa shape index (κ1) is 13.1.